The summed E-state index contributed by atoms with van der Waals surface area (Å²) in [5, 5.41) is 67.6. The lowest BCUT2D eigenvalue weighted by molar-refractivity contribution is -0.266. The lowest BCUT2D eigenvalue weighted by Gasteiger charge is -2.43. The second-order valence-corrected chi connectivity index (χ2v) is 43.7. The topological polar surface area (TPSA) is 384 Å². The van der Waals surface area contributed by atoms with Crippen LogP contribution in [0.25, 0.3) is 0 Å². The Kier molecular flexibility index (Phi) is 49.0. The van der Waals surface area contributed by atoms with Gasteiger partial charge in [-0.05, 0) is 256 Å². The Balaban J connectivity index is 0.000000319. The lowest BCUT2D eigenvalue weighted by atomic mass is 9.78. The summed E-state index contributed by atoms with van der Waals surface area (Å²) in [5.74, 6) is -13.2. The van der Waals surface area contributed by atoms with Crippen molar-refractivity contribution in [1.82, 2.24) is 9.80 Å². The molecule has 2 aliphatic carbocycles. The number of rotatable bonds is 19. The number of carbonyl (C=O) groups is 8. The van der Waals surface area contributed by atoms with E-state index < -0.39 is 150 Å². The van der Waals surface area contributed by atoms with Crippen molar-refractivity contribution in [3.63, 3.8) is 0 Å². The van der Waals surface area contributed by atoms with Crippen LogP contribution in [0.15, 0.2) is 120 Å². The zero-order valence-electron chi connectivity index (χ0n) is 89.3. The molecule has 8 fully saturated rings. The Hall–Kier alpha value is -6.72. The van der Waals surface area contributed by atoms with Gasteiger partial charge >= 0.3 is 11.9 Å². The average Bonchev–Trinajstić information content (AvgIpc) is 0.774. The summed E-state index contributed by atoms with van der Waals surface area (Å²) in [5.41, 5.74) is 4.45. The second-order valence-electron chi connectivity index (χ2n) is 43.7. The highest BCUT2D eigenvalue weighted by Crippen LogP contribution is 2.43. The first-order valence-corrected chi connectivity index (χ1v) is 53.6. The van der Waals surface area contributed by atoms with Gasteiger partial charge in [0.1, 0.15) is 60.3 Å². The number of hydrogen-bond acceptors (Lipinski definition) is 27. The van der Waals surface area contributed by atoms with E-state index in [9.17, 15) is 69.0 Å². The summed E-state index contributed by atoms with van der Waals surface area (Å²) < 4.78 is 78.5. The van der Waals surface area contributed by atoms with E-state index in [-0.39, 0.29) is 135 Å². The highest BCUT2D eigenvalue weighted by molar-refractivity contribution is 6.39. The minimum atomic E-state index is -2.44. The number of methoxy groups -OCH3 is 4. The number of hydrogen-bond donors (Lipinski definition) is 6. The molecule has 143 heavy (non-hydrogen) atoms. The molecular weight excluding hydrogens is 1830 g/mol. The molecule has 0 aromatic heterocycles. The van der Waals surface area contributed by atoms with E-state index in [1.165, 1.54) is 9.80 Å². The third kappa shape index (κ3) is 34.1. The van der Waals surface area contributed by atoms with Gasteiger partial charge in [-0.3, -0.25) is 28.8 Å². The fraction of sp³-hybridized carbons (Fsp3) is 0.754. The van der Waals surface area contributed by atoms with Crippen molar-refractivity contribution in [2.75, 3.05) is 94.4 Å². The number of piperidine rings is 2. The molecule has 0 spiro atoms. The molecule has 4 bridgehead atoms. The summed E-state index contributed by atoms with van der Waals surface area (Å²) in [6, 6.07) is -2.26. The van der Waals surface area contributed by atoms with Gasteiger partial charge < -0.3 is 102 Å². The number of ether oxygens (including phenoxy) is 13. The zero-order chi connectivity index (χ0) is 105. The van der Waals surface area contributed by atoms with Crippen LogP contribution in [0.1, 0.15) is 264 Å². The third-order valence-electron chi connectivity index (χ3n) is 32.4. The number of ketones is 4. The van der Waals surface area contributed by atoms with E-state index in [0.717, 1.165) is 60.8 Å². The molecular formula is C114H178N2O27. The summed E-state index contributed by atoms with van der Waals surface area (Å²) in [7, 11) is 6.31. The van der Waals surface area contributed by atoms with Gasteiger partial charge in [0, 0.05) is 110 Å². The number of fused-ring (bicyclic) bond motifs is 6. The van der Waals surface area contributed by atoms with Gasteiger partial charge in [0.15, 0.2) is 0 Å². The highest BCUT2D eigenvalue weighted by Gasteiger charge is 2.56. The maximum atomic E-state index is 14.6. The number of amides is 2. The van der Waals surface area contributed by atoms with Gasteiger partial charge in [-0.2, -0.15) is 0 Å². The van der Waals surface area contributed by atoms with E-state index in [2.05, 4.69) is 53.0 Å². The molecule has 0 aromatic carbocycles. The van der Waals surface area contributed by atoms with Gasteiger partial charge in [0.2, 0.25) is 11.6 Å². The largest absolute Gasteiger partial charge is 0.460 e. The first kappa shape index (κ1) is 120. The molecule has 10 rings (SSSR count). The van der Waals surface area contributed by atoms with Crippen molar-refractivity contribution in [3.05, 3.63) is 120 Å². The molecule has 10 aliphatic rings. The van der Waals surface area contributed by atoms with Crippen LogP contribution in [0.3, 0.4) is 0 Å². The molecule has 29 heteroatoms. The SMILES string of the molecule is C=C1[C@H](C)C[C@H](C)/C=C/C=C/C=C(\C)C(OCC2CCOCC2)C[C@@H]2CC[C@@H](C)[C@@](O)(O2)C(=O)C(=O)N2CCCCC2C(=O)O[C@H]([C@H](C)C[C@@H]2CC[C@@H](O)[C@H](OC)C2)CC(=O)[C@H](C)/C=C(\C)[C@@H](O)[C@H]1OC.C=C1[C@H](C)C[C@H](C)/C=C/C=C/C=C(\C)C(OCC2COC2)C[C@@H]2CC[C@@H](C)[C@@](O)(O2)C(=O)C(=O)N2CCCCC2C(=O)O[C@H]([C@H](C)C[C@@H]2CC[C@@H](OCCO)[C@H](OC)C2)CC(=O)[C@H](C)/C=C(\C)[C@@H](O)[C@H]1OC. The van der Waals surface area contributed by atoms with Crippen LogP contribution in [0.5, 0.6) is 0 Å². The van der Waals surface area contributed by atoms with E-state index in [1.54, 1.807) is 82.1 Å². The molecule has 6 saturated heterocycles. The van der Waals surface area contributed by atoms with Gasteiger partial charge in [-0.25, -0.2) is 9.59 Å². The number of nitrogens with zero attached hydrogens (tertiary/aromatic N) is 2. The molecule has 0 radical (unpaired) electrons. The molecule has 2 amide bonds. The smallest absolute Gasteiger partial charge is 0.329 e. The molecule has 8 aliphatic heterocycles. The first-order chi connectivity index (χ1) is 68.1. The number of aliphatic hydroxyl groups is 6. The van der Waals surface area contributed by atoms with Crippen LogP contribution in [-0.2, 0) is 99.9 Å². The molecule has 8 heterocycles. The van der Waals surface area contributed by atoms with Crippen LogP contribution in [0.2, 0.25) is 0 Å². The van der Waals surface area contributed by atoms with Crippen LogP contribution in [-0.4, -0.2) is 291 Å². The summed E-state index contributed by atoms with van der Waals surface area (Å²) in [6.45, 7) is 39.4. The van der Waals surface area contributed by atoms with Crippen molar-refractivity contribution in [2.24, 2.45) is 82.9 Å². The van der Waals surface area contributed by atoms with Gasteiger partial charge in [0.05, 0.1) is 88.5 Å². The van der Waals surface area contributed by atoms with Crippen molar-refractivity contribution >= 4 is 46.9 Å². The van der Waals surface area contributed by atoms with Crippen molar-refractivity contribution in [2.45, 2.75) is 373 Å². The quantitative estimate of drug-likeness (QED) is 0.0397. The summed E-state index contributed by atoms with van der Waals surface area (Å²) >= 11 is 0. The van der Waals surface area contributed by atoms with Crippen molar-refractivity contribution in [1.29, 1.82) is 0 Å². The number of allylic oxidation sites excluding steroid dienone is 12. The maximum Gasteiger partial charge on any atom is 0.329 e. The third-order valence-corrected chi connectivity index (χ3v) is 32.4. The average molecular weight is 2010 g/mol. The molecule has 30 atom stereocenters. The predicted molar refractivity (Wildman–Crippen MR) is 545 cm³/mol. The zero-order valence-corrected chi connectivity index (χ0v) is 89.3. The Labute approximate surface area is 852 Å². The maximum absolute atomic E-state index is 14.6. The van der Waals surface area contributed by atoms with Crippen molar-refractivity contribution < 1.29 is 131 Å². The van der Waals surface area contributed by atoms with Gasteiger partial charge in [0.25, 0.3) is 23.4 Å². The Morgan fingerprint density at radius 1 is 0.455 bits per heavy atom. The molecule has 0 aromatic rings. The number of aliphatic hydroxyl groups excluding tert-OH is 4. The van der Waals surface area contributed by atoms with Crippen LogP contribution in [0, 0.1) is 82.9 Å². The number of carbonyl (C=O) groups excluding carboxylic acids is 8. The van der Waals surface area contributed by atoms with Crippen molar-refractivity contribution in [3.8, 4) is 0 Å². The van der Waals surface area contributed by atoms with Crippen LogP contribution >= 0.6 is 0 Å². The van der Waals surface area contributed by atoms with E-state index >= 15 is 0 Å². The predicted octanol–water partition coefficient (Wildman–Crippen LogP) is 15.2. The minimum Gasteiger partial charge on any atom is -0.460 e. The summed E-state index contributed by atoms with van der Waals surface area (Å²) in [4.78, 5) is 118. The Morgan fingerprint density at radius 2 is 0.881 bits per heavy atom. The fourth-order valence-corrected chi connectivity index (χ4v) is 22.5. The van der Waals surface area contributed by atoms with Crippen LogP contribution < -0.4 is 0 Å². The number of Topliss-reactive ketones (excluding diaryl/α,β-unsaturated/α-hetero) is 4. The highest BCUT2D eigenvalue weighted by atomic mass is 16.6. The monoisotopic (exact) mass is 2010 g/mol. The van der Waals surface area contributed by atoms with E-state index in [4.69, 9.17) is 61.6 Å². The fourth-order valence-electron chi connectivity index (χ4n) is 22.5. The van der Waals surface area contributed by atoms with Gasteiger partial charge in [-0.1, -0.05) is 155 Å². The number of esters is 2. The van der Waals surface area contributed by atoms with E-state index in [1.807, 2.05) is 76.3 Å². The molecule has 4 unspecified atom stereocenters. The van der Waals surface area contributed by atoms with E-state index in [0.29, 0.717) is 159 Å². The first-order valence-electron chi connectivity index (χ1n) is 53.6. The molecule has 6 N–H and O–H groups in total. The van der Waals surface area contributed by atoms with Crippen LogP contribution in [0.4, 0.5) is 0 Å². The summed E-state index contributed by atoms with van der Waals surface area (Å²) in [6.07, 6.45) is 28.6. The van der Waals surface area contributed by atoms with Gasteiger partial charge in [-0.15, -0.1) is 0 Å². The normalized spacial score (nSPS) is 39.2. The Morgan fingerprint density at radius 3 is 1.29 bits per heavy atom. The Bertz CT molecular complexity index is 4370. The standard InChI is InChI=1S/C57H89NO14.C57H89NO13/c1-35-16-12-11-13-17-36(2)49(70-34-44-32-68-33-44)30-45-21-19-41(7)57(65,72-45)54(62)55(63)58-23-15-14-18-46(58)56(64)71-50(39(5)28-43-20-22-48(69-25-24-59)51(29-43)66-9)31-47(60)38(4)27-40(6)52(61)53(67-10)42(8)37(3)26-35;1-35-16-12-11-13-17-36(2)49(69-34-43-23-26-68-27-24-43)32-45-21-19-41(7)57(65,71-45)54(62)55(63)58-25-15-14-18-46(58)56(64)70-50(39(5)30-44-20-22-47(59)51(31-44)66-9)33-48(60)38(4)29-40(6)52(61)53(67-10)42(8)37(3)28-35/h11-13,16-17,27,35,37-39,41,43-46,48-53,59,61,65H,8,14-15,18-26,28-34H2,1-7,9-10H3;11-13,16-17,29,35,37-39,41,43-47,49-53,59,61,65H,8,14-15,18-28,30-34H2,1-7,9-10H3/b13-11+,16-12+,36-17+,40-27+;13-11+,16-12+,36-17+,40-29+/t35-,37-,38-,39-,41-,43+,45+,46?,48-,49?,50+,51-,52-,53+,57-;35-,37-,38-,39-,41-,44+,45+,46?,47-,49?,50+,51-,52-,53+,57-/m11/s1. The lowest BCUT2D eigenvalue weighted by Crippen LogP contribution is -2.61. The second kappa shape index (κ2) is 58.5. The minimum absolute atomic E-state index is 0.00578. The molecule has 29 nitrogen and oxygen atoms in total. The molecule has 806 valence electrons. The number of cyclic esters (lactones) is 2. The molecule has 2 saturated carbocycles.